The summed E-state index contributed by atoms with van der Waals surface area (Å²) in [6, 6.07) is 3.38. The minimum atomic E-state index is -0.370. The Labute approximate surface area is 261 Å². The summed E-state index contributed by atoms with van der Waals surface area (Å²) in [6.07, 6.45) is 0. The summed E-state index contributed by atoms with van der Waals surface area (Å²) in [5.74, 6) is -0.0500. The van der Waals surface area contributed by atoms with Crippen molar-refractivity contribution in [3.8, 4) is 28.2 Å². The van der Waals surface area contributed by atoms with Crippen LogP contribution in [0.3, 0.4) is 0 Å². The second-order valence-electron chi connectivity index (χ2n) is 6.82. The van der Waals surface area contributed by atoms with Crippen LogP contribution in [0.1, 0.15) is 17.3 Å². The number of carbonyl (C=O) groups is 1. The average molecular weight is 972 g/mol. The molecule has 0 bridgehead atoms. The lowest BCUT2D eigenvalue weighted by atomic mass is 9.89. The van der Waals surface area contributed by atoms with Gasteiger partial charge in [0.15, 0.2) is 17.1 Å². The molecule has 0 unspecified atom stereocenters. The molecule has 0 fully saturated rings. The van der Waals surface area contributed by atoms with Gasteiger partial charge in [0.2, 0.25) is 5.43 Å². The third-order valence-corrected chi connectivity index (χ3v) is 10.3. The van der Waals surface area contributed by atoms with E-state index in [1.165, 1.54) is 6.92 Å². The van der Waals surface area contributed by atoms with E-state index in [0.717, 1.165) is 0 Å². The Morgan fingerprint density at radius 3 is 2.09 bits per heavy atom. The van der Waals surface area contributed by atoms with Gasteiger partial charge in [-0.25, -0.2) is 0 Å². The first-order chi connectivity index (χ1) is 15.4. The maximum atomic E-state index is 12.8. The molecule has 1 aliphatic heterocycles. The minimum Gasteiger partial charge on any atom is -0.506 e. The molecular weight excluding hydrogens is 966 g/mol. The van der Waals surface area contributed by atoms with Crippen molar-refractivity contribution in [2.45, 2.75) is 6.92 Å². The van der Waals surface area contributed by atoms with Crippen LogP contribution in [0.5, 0.6) is 5.75 Å². The predicted octanol–water partition coefficient (Wildman–Crippen LogP) is 9.50. The van der Waals surface area contributed by atoms with Gasteiger partial charge in [-0.1, -0.05) is 46.4 Å². The van der Waals surface area contributed by atoms with Gasteiger partial charge in [-0.2, -0.15) is 0 Å². The van der Waals surface area contributed by atoms with Crippen LogP contribution in [0, 0.1) is 14.3 Å². The number of phenolic OH excluding ortho intramolecular Hbond substituents is 1. The number of aromatic hydroxyl groups is 1. The van der Waals surface area contributed by atoms with Crippen LogP contribution in [0.25, 0.3) is 33.4 Å². The molecule has 0 saturated heterocycles. The minimum absolute atomic E-state index is 0.00145. The summed E-state index contributed by atoms with van der Waals surface area (Å²) < 4.78 is 7.95. The fraction of sp³-hybridized carbons (Fsp3) is 0.0476. The molecular formula is C21H6Cl4I4O4. The lowest BCUT2D eigenvalue weighted by Gasteiger charge is -2.22. The molecule has 0 atom stereocenters. The van der Waals surface area contributed by atoms with E-state index in [9.17, 15) is 14.7 Å². The number of carbonyl (C=O) groups excluding carboxylic acids is 1. The highest BCUT2D eigenvalue weighted by atomic mass is 127. The van der Waals surface area contributed by atoms with Gasteiger partial charge in [0.1, 0.15) is 9.32 Å². The predicted molar refractivity (Wildman–Crippen MR) is 167 cm³/mol. The van der Waals surface area contributed by atoms with Crippen LogP contribution < -0.4 is 5.43 Å². The zero-order chi connectivity index (χ0) is 24.5. The molecule has 2 aliphatic rings. The van der Waals surface area contributed by atoms with Crippen molar-refractivity contribution in [3.63, 3.8) is 0 Å². The SMILES string of the molecule is CC(=O)c1c(Cl)c(Cl)c(Cl)c(Cl)c1-c1c2cc(I)c(=O)c(I)c-2oc2c(I)c(O)c(I)cc12. The number of halogens is 8. The maximum absolute atomic E-state index is 12.8. The number of phenols is 1. The fourth-order valence-corrected chi connectivity index (χ4v) is 8.12. The Balaban J connectivity index is 2.43. The molecule has 1 N–H and O–H groups in total. The maximum Gasteiger partial charge on any atom is 0.209 e. The largest absolute Gasteiger partial charge is 0.506 e. The van der Waals surface area contributed by atoms with Crippen molar-refractivity contribution in [2.75, 3.05) is 0 Å². The van der Waals surface area contributed by atoms with Crippen molar-refractivity contribution in [1.82, 2.24) is 0 Å². The molecule has 0 amide bonds. The van der Waals surface area contributed by atoms with Crippen LogP contribution in [-0.4, -0.2) is 10.9 Å². The highest BCUT2D eigenvalue weighted by molar-refractivity contribution is 14.1. The normalized spacial score (nSPS) is 11.5. The zero-order valence-electron chi connectivity index (χ0n) is 15.9. The summed E-state index contributed by atoms with van der Waals surface area (Å²) >= 11 is 33.7. The second-order valence-corrected chi connectivity index (χ2v) is 12.8. The van der Waals surface area contributed by atoms with E-state index in [4.69, 9.17) is 50.8 Å². The van der Waals surface area contributed by atoms with Crippen molar-refractivity contribution < 1.29 is 14.3 Å². The van der Waals surface area contributed by atoms with Gasteiger partial charge in [-0.05, 0) is 109 Å². The van der Waals surface area contributed by atoms with Crippen molar-refractivity contribution in [1.29, 1.82) is 0 Å². The summed E-state index contributed by atoms with van der Waals surface area (Å²) in [7, 11) is 0. The topological polar surface area (TPSA) is 67.5 Å². The molecule has 1 heterocycles. The van der Waals surface area contributed by atoms with Crippen molar-refractivity contribution >= 4 is 154 Å². The summed E-state index contributed by atoms with van der Waals surface area (Å²) in [6.45, 7) is 1.35. The standard InChI is InChI=1S/C21H6Cl4I4O4/c1-4(30)9-11(13(23)15(25)14(24)12(9)22)10-5-2-7(26)18(31)16(28)20(5)33-21-6(10)3-8(27)19(32)17(21)29/h2-3,31H,1H3. The molecule has 0 radical (unpaired) electrons. The van der Waals surface area contributed by atoms with E-state index in [1.54, 1.807) is 12.1 Å². The third kappa shape index (κ3) is 4.29. The van der Waals surface area contributed by atoms with E-state index in [-0.39, 0.29) is 53.9 Å². The Morgan fingerprint density at radius 1 is 0.879 bits per heavy atom. The highest BCUT2D eigenvalue weighted by Gasteiger charge is 2.31. The van der Waals surface area contributed by atoms with Gasteiger partial charge < -0.3 is 9.52 Å². The molecule has 0 aromatic heterocycles. The first-order valence-electron chi connectivity index (χ1n) is 8.71. The van der Waals surface area contributed by atoms with Crippen LogP contribution in [0.2, 0.25) is 20.1 Å². The van der Waals surface area contributed by atoms with Gasteiger partial charge in [0.25, 0.3) is 0 Å². The summed E-state index contributed by atoms with van der Waals surface area (Å²) in [5, 5.41) is 11.1. The molecule has 2 aromatic carbocycles. The summed E-state index contributed by atoms with van der Waals surface area (Å²) in [4.78, 5) is 25.5. The first-order valence-corrected chi connectivity index (χ1v) is 14.5. The number of fused-ring (bicyclic) bond motifs is 2. The molecule has 0 spiro atoms. The summed E-state index contributed by atoms with van der Waals surface area (Å²) in [5.41, 5.74) is 1.52. The van der Waals surface area contributed by atoms with Gasteiger partial charge in [0, 0.05) is 27.6 Å². The molecule has 12 heteroatoms. The molecule has 4 rings (SSSR count). The van der Waals surface area contributed by atoms with Gasteiger partial charge in [0.05, 0.1) is 30.8 Å². The van der Waals surface area contributed by atoms with Crippen molar-refractivity contribution in [2.24, 2.45) is 0 Å². The van der Waals surface area contributed by atoms with E-state index in [2.05, 4.69) is 0 Å². The highest BCUT2D eigenvalue weighted by Crippen LogP contribution is 2.52. The van der Waals surface area contributed by atoms with Crippen LogP contribution in [0.4, 0.5) is 0 Å². The first kappa shape index (κ1) is 26.7. The molecule has 33 heavy (non-hydrogen) atoms. The Hall–Kier alpha value is 0.680. The number of benzene rings is 3. The monoisotopic (exact) mass is 970 g/mol. The van der Waals surface area contributed by atoms with Gasteiger partial charge in [-0.3, -0.25) is 9.59 Å². The Kier molecular flexibility index (Phi) is 7.99. The fourth-order valence-electron chi connectivity index (χ4n) is 3.46. The molecule has 0 saturated carbocycles. The average Bonchev–Trinajstić information content (AvgIpc) is 2.76. The lowest BCUT2D eigenvalue weighted by molar-refractivity contribution is 0.101. The number of Topliss-reactive ketones (excluding diaryl/α,β-unsaturated/α-hetero) is 1. The third-order valence-electron chi connectivity index (χ3n) is 4.89. The number of rotatable bonds is 2. The van der Waals surface area contributed by atoms with Gasteiger partial charge >= 0.3 is 0 Å². The lowest BCUT2D eigenvalue weighted by Crippen LogP contribution is -2.12. The molecule has 2 aromatic rings. The Morgan fingerprint density at radius 2 is 1.48 bits per heavy atom. The quantitative estimate of drug-likeness (QED) is 0.0716. The number of hydrogen-bond donors (Lipinski definition) is 1. The van der Waals surface area contributed by atoms with E-state index in [1.807, 2.05) is 90.4 Å². The number of hydrogen-bond acceptors (Lipinski definition) is 4. The molecule has 170 valence electrons. The second kappa shape index (κ2) is 9.86. The smallest absolute Gasteiger partial charge is 0.209 e. The van der Waals surface area contributed by atoms with Crippen LogP contribution >= 0.6 is 137 Å². The number of ketones is 1. The van der Waals surface area contributed by atoms with Crippen LogP contribution in [0.15, 0.2) is 21.3 Å². The van der Waals surface area contributed by atoms with E-state index >= 15 is 0 Å². The molecule has 4 nitrogen and oxygen atoms in total. The Bertz CT molecular complexity index is 1570. The zero-order valence-corrected chi connectivity index (χ0v) is 27.5. The van der Waals surface area contributed by atoms with Gasteiger partial charge in [-0.15, -0.1) is 0 Å². The van der Waals surface area contributed by atoms with E-state index in [0.29, 0.717) is 36.4 Å². The van der Waals surface area contributed by atoms with Crippen LogP contribution in [-0.2, 0) is 0 Å². The van der Waals surface area contributed by atoms with E-state index < -0.39 is 0 Å². The van der Waals surface area contributed by atoms with Crippen molar-refractivity contribution in [3.05, 3.63) is 62.3 Å². The molecule has 1 aliphatic carbocycles.